The predicted octanol–water partition coefficient (Wildman–Crippen LogP) is 7.00. The van der Waals surface area contributed by atoms with Gasteiger partial charge >= 0.3 is 12.2 Å². The first-order chi connectivity index (χ1) is 20.5. The first kappa shape index (κ1) is 31.8. The van der Waals surface area contributed by atoms with Crippen molar-refractivity contribution in [1.29, 1.82) is 0 Å². The van der Waals surface area contributed by atoms with Gasteiger partial charge in [0.15, 0.2) is 5.13 Å². The van der Waals surface area contributed by atoms with Gasteiger partial charge in [-0.3, -0.25) is 10.1 Å². The lowest BCUT2D eigenvalue weighted by Crippen LogP contribution is -2.58. The fourth-order valence-corrected chi connectivity index (χ4v) is 6.52. The average Bonchev–Trinajstić information content (AvgIpc) is 3.33. The number of piperazine rings is 1. The first-order valence-electron chi connectivity index (χ1n) is 14.4. The summed E-state index contributed by atoms with van der Waals surface area (Å²) in [5.41, 5.74) is 1.29. The molecule has 10 nitrogen and oxygen atoms in total. The zero-order valence-electron chi connectivity index (χ0n) is 25.9. The van der Waals surface area contributed by atoms with Crippen LogP contribution in [-0.2, 0) is 9.47 Å². The maximum Gasteiger partial charge on any atom is 0.413 e. The standard InChI is InChI=1S/C31H37ClFN5O5S/c1-30(2,3)42-28(40)35-27-34-24-18(8-9-22(33)25(24)44-27)19-15-23-20(14-21(19)32)26(39)38-13-12-37(29(41)43-31(4,5)6)16-17(38)10-11-36(23)7/h8-9,14-15,17H,10-13,16H2,1-7H3,(H,34,35,40)/t17-/m0/s1. The van der Waals surface area contributed by atoms with Crippen LogP contribution in [0.3, 0.4) is 0 Å². The number of nitrogens with one attached hydrogen (secondary N) is 1. The summed E-state index contributed by atoms with van der Waals surface area (Å²) in [6.07, 6.45) is -0.431. The molecular weight excluding hydrogens is 609 g/mol. The van der Waals surface area contributed by atoms with Gasteiger partial charge in [0.25, 0.3) is 5.91 Å². The molecule has 0 bridgehead atoms. The van der Waals surface area contributed by atoms with Crippen molar-refractivity contribution in [3.8, 4) is 11.1 Å². The molecule has 1 atom stereocenters. The molecule has 1 fully saturated rings. The molecule has 2 aliphatic rings. The van der Waals surface area contributed by atoms with E-state index in [1.165, 1.54) is 6.07 Å². The molecule has 1 N–H and O–H groups in total. The van der Waals surface area contributed by atoms with E-state index >= 15 is 0 Å². The van der Waals surface area contributed by atoms with Crippen LogP contribution in [0.2, 0.25) is 5.02 Å². The molecule has 236 valence electrons. The van der Waals surface area contributed by atoms with E-state index in [2.05, 4.69) is 10.3 Å². The van der Waals surface area contributed by atoms with E-state index in [4.69, 9.17) is 21.1 Å². The smallest absolute Gasteiger partial charge is 0.413 e. The molecule has 0 saturated carbocycles. The highest BCUT2D eigenvalue weighted by molar-refractivity contribution is 7.22. The quantitative estimate of drug-likeness (QED) is 0.320. The van der Waals surface area contributed by atoms with Crippen LogP contribution < -0.4 is 10.2 Å². The molecule has 3 amide bonds. The van der Waals surface area contributed by atoms with Gasteiger partial charge < -0.3 is 24.2 Å². The fourth-order valence-electron chi connectivity index (χ4n) is 5.37. The summed E-state index contributed by atoms with van der Waals surface area (Å²) in [4.78, 5) is 49.0. The minimum absolute atomic E-state index is 0.171. The number of anilines is 2. The van der Waals surface area contributed by atoms with Gasteiger partial charge in [-0.25, -0.2) is 19.0 Å². The molecule has 0 radical (unpaired) electrons. The average molecular weight is 646 g/mol. The van der Waals surface area contributed by atoms with Crippen molar-refractivity contribution in [3.05, 3.63) is 40.7 Å². The molecule has 2 aromatic carbocycles. The van der Waals surface area contributed by atoms with Crippen molar-refractivity contribution in [2.75, 3.05) is 43.4 Å². The maximum atomic E-state index is 14.9. The number of nitrogens with zero attached hydrogens (tertiary/aromatic N) is 4. The number of halogens is 2. The normalized spacial score (nSPS) is 17.5. The second-order valence-corrected chi connectivity index (χ2v) is 14.5. The van der Waals surface area contributed by atoms with Crippen LogP contribution in [0, 0.1) is 5.82 Å². The van der Waals surface area contributed by atoms with Crippen LogP contribution >= 0.6 is 22.9 Å². The summed E-state index contributed by atoms with van der Waals surface area (Å²) in [5.74, 6) is -0.652. The Morgan fingerprint density at radius 1 is 1.02 bits per heavy atom. The van der Waals surface area contributed by atoms with Crippen LogP contribution in [0.4, 0.5) is 24.8 Å². The van der Waals surface area contributed by atoms with Gasteiger partial charge in [0, 0.05) is 55.1 Å². The van der Waals surface area contributed by atoms with E-state index < -0.39 is 23.1 Å². The second kappa shape index (κ2) is 11.7. The van der Waals surface area contributed by atoms with Crippen molar-refractivity contribution in [3.63, 3.8) is 0 Å². The zero-order valence-corrected chi connectivity index (χ0v) is 27.5. The maximum absolute atomic E-state index is 14.9. The number of thiazole rings is 1. The van der Waals surface area contributed by atoms with Crippen molar-refractivity contribution >= 4 is 62.1 Å². The topological polar surface area (TPSA) is 104 Å². The van der Waals surface area contributed by atoms with E-state index in [1.807, 2.05) is 43.7 Å². The summed E-state index contributed by atoms with van der Waals surface area (Å²) in [6.45, 7) is 12.5. The number of carbonyl (C=O) groups is 3. The Morgan fingerprint density at radius 2 is 1.73 bits per heavy atom. The monoisotopic (exact) mass is 645 g/mol. The summed E-state index contributed by atoms with van der Waals surface area (Å²) in [5, 5.41) is 3.08. The van der Waals surface area contributed by atoms with Crippen LogP contribution in [0.1, 0.15) is 58.3 Å². The van der Waals surface area contributed by atoms with Crippen molar-refractivity contribution in [2.45, 2.75) is 65.2 Å². The summed E-state index contributed by atoms with van der Waals surface area (Å²) < 4.78 is 26.0. The number of fused-ring (bicyclic) bond motifs is 3. The van der Waals surface area contributed by atoms with E-state index in [9.17, 15) is 18.8 Å². The highest BCUT2D eigenvalue weighted by Gasteiger charge is 2.37. The van der Waals surface area contributed by atoms with Crippen molar-refractivity contribution in [1.82, 2.24) is 14.8 Å². The number of hydrogen-bond donors (Lipinski definition) is 1. The minimum Gasteiger partial charge on any atom is -0.444 e. The minimum atomic E-state index is -0.708. The van der Waals surface area contributed by atoms with Crippen LogP contribution in [0.5, 0.6) is 0 Å². The van der Waals surface area contributed by atoms with Crippen LogP contribution in [0.15, 0.2) is 24.3 Å². The SMILES string of the molecule is CN1CC[C@H]2CN(C(=O)OC(C)(C)C)CCN2C(=O)c2cc(Cl)c(-c3ccc(F)c4sc(NC(=O)OC(C)(C)C)nc34)cc21. The molecule has 3 aromatic rings. The highest BCUT2D eigenvalue weighted by atomic mass is 35.5. The Balaban J connectivity index is 1.46. The van der Waals surface area contributed by atoms with Crippen LogP contribution in [-0.4, -0.2) is 83.3 Å². The number of rotatable bonds is 2. The Hall–Kier alpha value is -3.64. The molecule has 1 saturated heterocycles. The molecule has 3 heterocycles. The van der Waals surface area contributed by atoms with Gasteiger partial charge in [0.05, 0.1) is 21.8 Å². The molecular formula is C31H37ClFN5O5S. The third-order valence-electron chi connectivity index (χ3n) is 7.31. The van der Waals surface area contributed by atoms with E-state index in [1.54, 1.807) is 37.8 Å². The number of aromatic nitrogens is 1. The highest BCUT2D eigenvalue weighted by Crippen LogP contribution is 2.42. The molecule has 13 heteroatoms. The third-order valence-corrected chi connectivity index (χ3v) is 8.61. The summed E-state index contributed by atoms with van der Waals surface area (Å²) in [6, 6.07) is 6.23. The second-order valence-electron chi connectivity index (χ2n) is 13.1. The van der Waals surface area contributed by atoms with Gasteiger partial charge in [0.1, 0.15) is 17.0 Å². The van der Waals surface area contributed by atoms with E-state index in [0.29, 0.717) is 65.5 Å². The number of benzene rings is 2. The fraction of sp³-hybridized carbons (Fsp3) is 0.484. The van der Waals surface area contributed by atoms with Crippen molar-refractivity contribution in [2.24, 2.45) is 0 Å². The number of amides is 3. The largest absolute Gasteiger partial charge is 0.444 e. The van der Waals surface area contributed by atoms with E-state index in [0.717, 1.165) is 11.3 Å². The molecule has 0 aliphatic carbocycles. The van der Waals surface area contributed by atoms with E-state index in [-0.39, 0.29) is 27.9 Å². The lowest BCUT2D eigenvalue weighted by Gasteiger charge is -2.44. The summed E-state index contributed by atoms with van der Waals surface area (Å²) in [7, 11) is 1.90. The summed E-state index contributed by atoms with van der Waals surface area (Å²) >= 11 is 7.84. The Bertz CT molecular complexity index is 1630. The predicted molar refractivity (Wildman–Crippen MR) is 170 cm³/mol. The lowest BCUT2D eigenvalue weighted by atomic mass is 9.97. The zero-order chi connectivity index (χ0) is 32.1. The Morgan fingerprint density at radius 3 is 2.41 bits per heavy atom. The van der Waals surface area contributed by atoms with Gasteiger partial charge in [0.2, 0.25) is 0 Å². The van der Waals surface area contributed by atoms with Gasteiger partial charge in [-0.1, -0.05) is 22.9 Å². The molecule has 5 rings (SSSR count). The molecule has 0 unspecified atom stereocenters. The lowest BCUT2D eigenvalue weighted by molar-refractivity contribution is 0.00350. The molecule has 2 aliphatic heterocycles. The van der Waals surface area contributed by atoms with Crippen LogP contribution in [0.25, 0.3) is 21.3 Å². The number of ether oxygens (including phenoxy) is 2. The number of carbonyl (C=O) groups excluding carboxylic acids is 3. The van der Waals surface area contributed by atoms with Gasteiger partial charge in [-0.05, 0) is 72.2 Å². The molecule has 44 heavy (non-hydrogen) atoms. The Kier molecular flexibility index (Phi) is 8.45. The third kappa shape index (κ3) is 6.71. The number of hydrogen-bond acceptors (Lipinski definition) is 8. The Labute approximate surface area is 265 Å². The van der Waals surface area contributed by atoms with Crippen molar-refractivity contribution < 1.29 is 28.2 Å². The van der Waals surface area contributed by atoms with Gasteiger partial charge in [-0.15, -0.1) is 0 Å². The molecule has 0 spiro atoms. The molecule has 1 aromatic heterocycles. The van der Waals surface area contributed by atoms with Gasteiger partial charge in [-0.2, -0.15) is 0 Å². The first-order valence-corrected chi connectivity index (χ1v) is 15.6.